The molecule has 2 amide bonds. The van der Waals surface area contributed by atoms with Gasteiger partial charge in [0.25, 0.3) is 11.1 Å². The second-order valence-corrected chi connectivity index (χ2v) is 8.69. The van der Waals surface area contributed by atoms with Crippen molar-refractivity contribution < 1.29 is 28.7 Å². The Balaban J connectivity index is 1.85. The number of hydrogen-bond acceptors (Lipinski definition) is 7. The van der Waals surface area contributed by atoms with Crippen molar-refractivity contribution in [3.05, 3.63) is 68.5 Å². The van der Waals surface area contributed by atoms with Gasteiger partial charge in [0.05, 0.1) is 21.6 Å². The summed E-state index contributed by atoms with van der Waals surface area (Å²) in [6.45, 7) is 2.83. The summed E-state index contributed by atoms with van der Waals surface area (Å²) in [5.74, 6) is -1.94. The molecule has 0 unspecified atom stereocenters. The number of imide groups is 1. The smallest absolute Gasteiger partial charge is 0.345 e. The van der Waals surface area contributed by atoms with E-state index >= 15 is 0 Å². The first-order chi connectivity index (χ1) is 15.2. The molecule has 10 heteroatoms. The molecule has 1 heterocycles. The number of carbonyl (C=O) groups is 4. The fraction of sp³-hybridized carbons (Fsp3) is 0.182. The number of nitrogens with zero attached hydrogens (tertiary/aromatic N) is 1. The molecule has 166 valence electrons. The molecular weight excluding hydrogens is 477 g/mol. The average molecular weight is 494 g/mol. The van der Waals surface area contributed by atoms with Crippen molar-refractivity contribution in [3.8, 4) is 5.75 Å². The molecule has 0 atom stereocenters. The first-order valence-electron chi connectivity index (χ1n) is 9.37. The summed E-state index contributed by atoms with van der Waals surface area (Å²) in [6.07, 6.45) is 1.000. The van der Waals surface area contributed by atoms with Crippen LogP contribution in [0, 0.1) is 0 Å². The van der Waals surface area contributed by atoms with Gasteiger partial charge in [-0.3, -0.25) is 19.3 Å². The van der Waals surface area contributed by atoms with Crippen LogP contribution in [0.15, 0.2) is 47.4 Å². The highest BCUT2D eigenvalue weighted by Gasteiger charge is 2.37. The summed E-state index contributed by atoms with van der Waals surface area (Å²) in [5, 5.41) is -0.0606. The Hall–Kier alpha value is -2.81. The van der Waals surface area contributed by atoms with Crippen LogP contribution >= 0.6 is 35.0 Å². The molecular formula is C22H17Cl2NO6S. The second-order valence-electron chi connectivity index (χ2n) is 6.86. The lowest BCUT2D eigenvalue weighted by molar-refractivity contribution is -0.149. The van der Waals surface area contributed by atoms with E-state index in [0.717, 1.165) is 4.90 Å². The number of hydrogen-bond donors (Lipinski definition) is 0. The zero-order valence-corrected chi connectivity index (χ0v) is 19.3. The lowest BCUT2D eigenvalue weighted by atomic mass is 10.1. The molecule has 0 radical (unpaired) electrons. The van der Waals surface area contributed by atoms with E-state index in [4.69, 9.17) is 32.7 Å². The predicted octanol–water partition coefficient (Wildman–Crippen LogP) is 5.20. The van der Waals surface area contributed by atoms with Gasteiger partial charge in [0.15, 0.2) is 0 Å². The van der Waals surface area contributed by atoms with E-state index in [0.29, 0.717) is 22.3 Å². The second kappa shape index (κ2) is 10.2. The van der Waals surface area contributed by atoms with Crippen molar-refractivity contribution in [1.82, 2.24) is 4.90 Å². The zero-order valence-electron chi connectivity index (χ0n) is 17.0. The van der Waals surface area contributed by atoms with Gasteiger partial charge < -0.3 is 9.47 Å². The van der Waals surface area contributed by atoms with Gasteiger partial charge in [-0.1, -0.05) is 35.3 Å². The molecule has 1 fully saturated rings. The number of esters is 2. The van der Waals surface area contributed by atoms with Gasteiger partial charge in [-0.05, 0) is 62.0 Å². The highest BCUT2D eigenvalue weighted by Crippen LogP contribution is 2.35. The van der Waals surface area contributed by atoms with Crippen LogP contribution in [-0.2, 0) is 14.3 Å². The Morgan fingerprint density at radius 1 is 1.12 bits per heavy atom. The quantitative estimate of drug-likeness (QED) is 0.310. The summed E-state index contributed by atoms with van der Waals surface area (Å²) >= 11 is 12.8. The predicted molar refractivity (Wildman–Crippen MR) is 122 cm³/mol. The van der Waals surface area contributed by atoms with Crippen molar-refractivity contribution in [2.24, 2.45) is 0 Å². The maximum absolute atomic E-state index is 12.7. The van der Waals surface area contributed by atoms with Crippen molar-refractivity contribution in [2.45, 2.75) is 20.0 Å². The minimum Gasteiger partial charge on any atom is -0.462 e. The third-order valence-electron chi connectivity index (χ3n) is 4.08. The van der Waals surface area contributed by atoms with E-state index in [2.05, 4.69) is 0 Å². The SMILES string of the molecule is CC(C)OC(=O)CN1C(=O)S/C(=C\c2cc(Cl)ccc2OC(=O)c2ccccc2Cl)C1=O. The van der Waals surface area contributed by atoms with Gasteiger partial charge in [-0.15, -0.1) is 0 Å². The van der Waals surface area contributed by atoms with Crippen LogP contribution in [0.2, 0.25) is 10.0 Å². The molecule has 0 spiro atoms. The van der Waals surface area contributed by atoms with Gasteiger partial charge in [-0.25, -0.2) is 4.79 Å². The van der Waals surface area contributed by atoms with E-state index in [-0.39, 0.29) is 27.3 Å². The van der Waals surface area contributed by atoms with Crippen LogP contribution in [0.25, 0.3) is 6.08 Å². The number of benzene rings is 2. The zero-order chi connectivity index (χ0) is 23.4. The third-order valence-corrected chi connectivity index (χ3v) is 5.55. The Bertz CT molecular complexity index is 1130. The maximum atomic E-state index is 12.7. The Morgan fingerprint density at radius 2 is 1.84 bits per heavy atom. The molecule has 0 aromatic heterocycles. The summed E-state index contributed by atoms with van der Waals surface area (Å²) in [4.78, 5) is 50.2. The van der Waals surface area contributed by atoms with E-state index in [1.807, 2.05) is 0 Å². The van der Waals surface area contributed by atoms with E-state index in [1.165, 1.54) is 30.3 Å². The number of carbonyl (C=O) groups excluding carboxylic acids is 4. The standard InChI is InChI=1S/C22H17Cl2NO6S/c1-12(2)30-19(26)11-25-20(27)18(32-22(25)29)10-13-9-14(23)7-8-17(13)31-21(28)15-5-3-4-6-16(15)24/h3-10,12H,11H2,1-2H3/b18-10-. The highest BCUT2D eigenvalue weighted by atomic mass is 35.5. The summed E-state index contributed by atoms with van der Waals surface area (Å²) < 4.78 is 10.4. The largest absolute Gasteiger partial charge is 0.462 e. The van der Waals surface area contributed by atoms with Crippen molar-refractivity contribution >= 4 is 64.1 Å². The topological polar surface area (TPSA) is 90.0 Å². The molecule has 32 heavy (non-hydrogen) atoms. The van der Waals surface area contributed by atoms with Crippen LogP contribution in [-0.4, -0.2) is 40.6 Å². The van der Waals surface area contributed by atoms with E-state index in [1.54, 1.807) is 32.0 Å². The lowest BCUT2D eigenvalue weighted by Crippen LogP contribution is -2.35. The fourth-order valence-electron chi connectivity index (χ4n) is 2.71. The first kappa shape index (κ1) is 23.8. The van der Waals surface area contributed by atoms with Gasteiger partial charge in [0.1, 0.15) is 12.3 Å². The number of ether oxygens (including phenoxy) is 2. The van der Waals surface area contributed by atoms with Crippen LogP contribution < -0.4 is 4.74 Å². The van der Waals surface area contributed by atoms with E-state index in [9.17, 15) is 19.2 Å². The Kier molecular flexibility index (Phi) is 7.60. The van der Waals surface area contributed by atoms with Crippen LogP contribution in [0.4, 0.5) is 4.79 Å². The summed E-state index contributed by atoms with van der Waals surface area (Å²) in [7, 11) is 0. The number of thioether (sulfide) groups is 1. The normalized spacial score (nSPS) is 14.9. The number of rotatable bonds is 6. The lowest BCUT2D eigenvalue weighted by Gasteiger charge is -2.13. The van der Waals surface area contributed by atoms with Gasteiger partial charge in [0, 0.05) is 10.6 Å². The van der Waals surface area contributed by atoms with E-state index < -0.39 is 29.6 Å². The number of amides is 2. The molecule has 0 N–H and O–H groups in total. The average Bonchev–Trinajstić information content (AvgIpc) is 2.97. The van der Waals surface area contributed by atoms with Crippen LogP contribution in [0.1, 0.15) is 29.8 Å². The van der Waals surface area contributed by atoms with Crippen molar-refractivity contribution in [2.75, 3.05) is 6.54 Å². The molecule has 0 bridgehead atoms. The molecule has 3 rings (SSSR count). The first-order valence-corrected chi connectivity index (χ1v) is 10.9. The van der Waals surface area contributed by atoms with Gasteiger partial charge in [-0.2, -0.15) is 0 Å². The van der Waals surface area contributed by atoms with Gasteiger partial charge in [0.2, 0.25) is 0 Å². The molecule has 1 aliphatic heterocycles. The maximum Gasteiger partial charge on any atom is 0.345 e. The number of halogens is 2. The molecule has 0 saturated carbocycles. The molecule has 7 nitrogen and oxygen atoms in total. The molecule has 0 aliphatic carbocycles. The third kappa shape index (κ3) is 5.70. The Morgan fingerprint density at radius 3 is 2.53 bits per heavy atom. The minimum atomic E-state index is -0.697. The molecule has 1 saturated heterocycles. The summed E-state index contributed by atoms with van der Waals surface area (Å²) in [5.41, 5.74) is 0.465. The monoisotopic (exact) mass is 493 g/mol. The van der Waals surface area contributed by atoms with Crippen LogP contribution in [0.3, 0.4) is 0 Å². The van der Waals surface area contributed by atoms with Crippen LogP contribution in [0.5, 0.6) is 5.75 Å². The minimum absolute atomic E-state index is 0.0460. The molecule has 2 aromatic rings. The Labute approximate surface area is 198 Å². The fourth-order valence-corrected chi connectivity index (χ4v) is 3.94. The van der Waals surface area contributed by atoms with Gasteiger partial charge >= 0.3 is 11.9 Å². The highest BCUT2D eigenvalue weighted by molar-refractivity contribution is 8.18. The molecule has 1 aliphatic rings. The molecule has 2 aromatic carbocycles. The van der Waals surface area contributed by atoms with Crippen molar-refractivity contribution in [3.63, 3.8) is 0 Å². The van der Waals surface area contributed by atoms with Crippen molar-refractivity contribution in [1.29, 1.82) is 0 Å². The summed E-state index contributed by atoms with van der Waals surface area (Å²) in [6, 6.07) is 10.9.